The van der Waals surface area contributed by atoms with Crippen LogP contribution in [0.4, 0.5) is 0 Å². The highest BCUT2D eigenvalue weighted by molar-refractivity contribution is 7.09. The van der Waals surface area contributed by atoms with E-state index in [1.165, 1.54) is 0 Å². The van der Waals surface area contributed by atoms with Crippen LogP contribution >= 0.6 is 11.3 Å². The van der Waals surface area contributed by atoms with Crippen molar-refractivity contribution in [2.75, 3.05) is 6.54 Å². The second-order valence-corrected chi connectivity index (χ2v) is 6.62. The minimum atomic E-state index is 0.452. The average Bonchev–Trinajstić information content (AvgIpc) is 3.07. The minimum Gasteiger partial charge on any atom is -0.357 e. The van der Waals surface area contributed by atoms with Gasteiger partial charge in [0.15, 0.2) is 5.96 Å². The number of aliphatic imine (C=N–C) groups is 1. The molecule has 1 aromatic heterocycles. The highest BCUT2D eigenvalue weighted by atomic mass is 32.1. The van der Waals surface area contributed by atoms with E-state index in [1.54, 1.807) is 11.3 Å². The molecule has 24 heavy (non-hydrogen) atoms. The van der Waals surface area contributed by atoms with Gasteiger partial charge in [0.1, 0.15) is 5.01 Å². The molecular weight excluding hydrogens is 318 g/mol. The van der Waals surface area contributed by atoms with E-state index in [0.717, 1.165) is 28.8 Å². The molecule has 0 saturated carbocycles. The molecule has 0 fully saturated rings. The Morgan fingerprint density at radius 1 is 1.29 bits per heavy atom. The van der Waals surface area contributed by atoms with E-state index >= 15 is 0 Å². The maximum atomic E-state index is 8.83. The van der Waals surface area contributed by atoms with Crippen LogP contribution in [0, 0.1) is 11.3 Å². The smallest absolute Gasteiger partial charge is 0.191 e. The molecular formula is C18H23N5S. The van der Waals surface area contributed by atoms with Gasteiger partial charge in [0.2, 0.25) is 0 Å². The van der Waals surface area contributed by atoms with E-state index in [0.29, 0.717) is 24.6 Å². The van der Waals surface area contributed by atoms with Crippen LogP contribution in [-0.2, 0) is 13.1 Å². The Bertz CT molecular complexity index is 710. The number of guanidine groups is 1. The largest absolute Gasteiger partial charge is 0.357 e. The zero-order valence-corrected chi connectivity index (χ0v) is 15.2. The third-order valence-electron chi connectivity index (χ3n) is 3.42. The molecule has 2 aromatic rings. The van der Waals surface area contributed by atoms with Crippen molar-refractivity contribution in [1.82, 2.24) is 15.6 Å². The summed E-state index contributed by atoms with van der Waals surface area (Å²) in [6.07, 6.45) is 0. The Morgan fingerprint density at radius 2 is 2.04 bits per heavy atom. The van der Waals surface area contributed by atoms with Gasteiger partial charge in [0.05, 0.1) is 30.4 Å². The second-order valence-electron chi connectivity index (χ2n) is 5.68. The van der Waals surface area contributed by atoms with E-state index in [9.17, 15) is 0 Å². The predicted molar refractivity (Wildman–Crippen MR) is 99.0 cm³/mol. The number of hydrogen-bond donors (Lipinski definition) is 2. The van der Waals surface area contributed by atoms with E-state index < -0.39 is 0 Å². The topological polar surface area (TPSA) is 73.1 Å². The number of aromatic nitrogens is 1. The summed E-state index contributed by atoms with van der Waals surface area (Å²) in [7, 11) is 0. The van der Waals surface area contributed by atoms with Crippen LogP contribution in [0.3, 0.4) is 0 Å². The van der Waals surface area contributed by atoms with Crippen LogP contribution in [0.2, 0.25) is 0 Å². The molecule has 126 valence electrons. The van der Waals surface area contributed by atoms with Crippen molar-refractivity contribution in [2.45, 2.75) is 39.8 Å². The summed E-state index contributed by atoms with van der Waals surface area (Å²) in [5.74, 6) is 1.22. The zero-order valence-electron chi connectivity index (χ0n) is 14.3. The van der Waals surface area contributed by atoms with Gasteiger partial charge in [-0.2, -0.15) is 5.26 Å². The molecule has 0 unspecified atom stereocenters. The van der Waals surface area contributed by atoms with Crippen LogP contribution < -0.4 is 10.6 Å². The first-order valence-electron chi connectivity index (χ1n) is 8.08. The van der Waals surface area contributed by atoms with Crippen LogP contribution in [0.1, 0.15) is 48.5 Å². The Labute approximate surface area is 147 Å². The van der Waals surface area contributed by atoms with E-state index in [4.69, 9.17) is 5.26 Å². The highest BCUT2D eigenvalue weighted by Crippen LogP contribution is 2.17. The molecule has 6 heteroatoms. The minimum absolute atomic E-state index is 0.452. The van der Waals surface area contributed by atoms with Gasteiger partial charge in [-0.1, -0.05) is 26.0 Å². The molecule has 0 radical (unpaired) electrons. The lowest BCUT2D eigenvalue weighted by molar-refractivity contribution is 0.788. The maximum absolute atomic E-state index is 8.83. The van der Waals surface area contributed by atoms with Gasteiger partial charge in [-0.3, -0.25) is 0 Å². The van der Waals surface area contributed by atoms with Crippen molar-refractivity contribution < 1.29 is 0 Å². The molecule has 2 rings (SSSR count). The SMILES string of the molecule is CCNC(=NCc1ccc(C#N)cc1)NCc1nc(C(C)C)cs1. The highest BCUT2D eigenvalue weighted by Gasteiger charge is 2.06. The van der Waals surface area contributed by atoms with Crippen LogP contribution in [-0.4, -0.2) is 17.5 Å². The molecule has 0 spiro atoms. The van der Waals surface area contributed by atoms with Crippen molar-refractivity contribution in [3.05, 3.63) is 51.5 Å². The average molecular weight is 341 g/mol. The van der Waals surface area contributed by atoms with E-state index in [-0.39, 0.29) is 0 Å². The maximum Gasteiger partial charge on any atom is 0.191 e. The molecule has 0 aliphatic carbocycles. The normalized spacial score (nSPS) is 11.4. The van der Waals surface area contributed by atoms with Crippen molar-refractivity contribution >= 4 is 17.3 Å². The molecule has 1 aromatic carbocycles. The van der Waals surface area contributed by atoms with Crippen molar-refractivity contribution in [3.63, 3.8) is 0 Å². The number of benzene rings is 1. The van der Waals surface area contributed by atoms with Crippen molar-refractivity contribution in [2.24, 2.45) is 4.99 Å². The lowest BCUT2D eigenvalue weighted by Gasteiger charge is -2.10. The van der Waals surface area contributed by atoms with Crippen LogP contribution in [0.15, 0.2) is 34.6 Å². The van der Waals surface area contributed by atoms with E-state index in [1.807, 2.05) is 31.2 Å². The molecule has 0 amide bonds. The molecule has 5 nitrogen and oxygen atoms in total. The molecule has 0 aliphatic rings. The summed E-state index contributed by atoms with van der Waals surface area (Å²) < 4.78 is 0. The number of thiazole rings is 1. The molecule has 0 bridgehead atoms. The Hall–Kier alpha value is -2.39. The first kappa shape index (κ1) is 18.0. The summed E-state index contributed by atoms with van der Waals surface area (Å²) in [6.45, 7) is 8.37. The fourth-order valence-corrected chi connectivity index (χ4v) is 2.92. The summed E-state index contributed by atoms with van der Waals surface area (Å²) in [5, 5.41) is 18.6. The van der Waals surface area contributed by atoms with Gasteiger partial charge in [-0.05, 0) is 30.5 Å². The number of rotatable bonds is 6. The third-order valence-corrected chi connectivity index (χ3v) is 4.28. The van der Waals surface area contributed by atoms with Crippen molar-refractivity contribution in [1.29, 1.82) is 5.26 Å². The molecule has 2 N–H and O–H groups in total. The lowest BCUT2D eigenvalue weighted by Crippen LogP contribution is -2.36. The number of hydrogen-bond acceptors (Lipinski definition) is 4. The third kappa shape index (κ3) is 5.36. The Morgan fingerprint density at radius 3 is 2.62 bits per heavy atom. The van der Waals surface area contributed by atoms with Crippen LogP contribution in [0.25, 0.3) is 0 Å². The van der Waals surface area contributed by atoms with Crippen LogP contribution in [0.5, 0.6) is 0 Å². The second kappa shape index (κ2) is 9.04. The van der Waals surface area contributed by atoms with E-state index in [2.05, 4.69) is 45.9 Å². The fraction of sp³-hybridized carbons (Fsp3) is 0.389. The first-order chi connectivity index (χ1) is 11.6. The standard InChI is InChI=1S/C18H23N5S/c1-4-20-18(21-10-15-7-5-14(9-19)6-8-15)22-11-17-23-16(12-24-17)13(2)3/h5-8,12-13H,4,10-11H2,1-3H3,(H2,20,21,22). The summed E-state index contributed by atoms with van der Waals surface area (Å²) in [5.41, 5.74) is 2.87. The number of nitriles is 1. The quantitative estimate of drug-likeness (QED) is 0.624. The molecule has 0 saturated heterocycles. The Balaban J connectivity index is 1.95. The van der Waals surface area contributed by atoms with Gasteiger partial charge >= 0.3 is 0 Å². The fourth-order valence-electron chi connectivity index (χ4n) is 2.03. The van der Waals surface area contributed by atoms with Crippen molar-refractivity contribution in [3.8, 4) is 6.07 Å². The lowest BCUT2D eigenvalue weighted by atomic mass is 10.1. The molecule has 0 atom stereocenters. The summed E-state index contributed by atoms with van der Waals surface area (Å²) >= 11 is 1.67. The first-order valence-corrected chi connectivity index (χ1v) is 8.95. The molecule has 1 heterocycles. The zero-order chi connectivity index (χ0) is 17.4. The van der Waals surface area contributed by atoms with Gasteiger partial charge in [-0.25, -0.2) is 9.98 Å². The predicted octanol–water partition coefficient (Wildman–Crippen LogP) is 3.39. The van der Waals surface area contributed by atoms with Gasteiger partial charge in [0.25, 0.3) is 0 Å². The monoisotopic (exact) mass is 341 g/mol. The number of nitrogens with zero attached hydrogens (tertiary/aromatic N) is 3. The van der Waals surface area contributed by atoms with Gasteiger partial charge in [-0.15, -0.1) is 11.3 Å². The molecule has 0 aliphatic heterocycles. The van der Waals surface area contributed by atoms with Gasteiger partial charge < -0.3 is 10.6 Å². The summed E-state index contributed by atoms with van der Waals surface area (Å²) in [6, 6.07) is 9.61. The summed E-state index contributed by atoms with van der Waals surface area (Å²) in [4.78, 5) is 9.21. The number of nitrogens with one attached hydrogen (secondary N) is 2. The van der Waals surface area contributed by atoms with Gasteiger partial charge in [0, 0.05) is 11.9 Å². The Kier molecular flexibility index (Phi) is 6.76.